The van der Waals surface area contributed by atoms with Gasteiger partial charge in [0.05, 0.1) is 6.04 Å². The molecule has 3 nitrogen and oxygen atoms in total. The standard InChI is InChI=1S/C16H23ClN2O/c1-13(16(20)19-11-3-2-4-12-19)18-10-9-14-5-7-15(17)8-6-14/h5-8,13,18H,2-4,9-12H2,1H3. The molecule has 1 unspecified atom stereocenters. The minimum atomic E-state index is -0.0969. The fourth-order valence-electron chi connectivity index (χ4n) is 2.56. The summed E-state index contributed by atoms with van der Waals surface area (Å²) < 4.78 is 0. The molecule has 1 aromatic carbocycles. The van der Waals surface area contributed by atoms with Crippen molar-refractivity contribution in [1.82, 2.24) is 10.2 Å². The lowest BCUT2D eigenvalue weighted by atomic mass is 10.1. The van der Waals surface area contributed by atoms with Crippen molar-refractivity contribution in [2.45, 2.75) is 38.6 Å². The zero-order valence-electron chi connectivity index (χ0n) is 12.1. The average Bonchev–Trinajstić information content (AvgIpc) is 2.49. The highest BCUT2D eigenvalue weighted by atomic mass is 35.5. The Kier molecular flexibility index (Phi) is 5.86. The average molecular weight is 295 g/mol. The van der Waals surface area contributed by atoms with Crippen molar-refractivity contribution in [2.75, 3.05) is 19.6 Å². The lowest BCUT2D eigenvalue weighted by molar-refractivity contribution is -0.133. The van der Waals surface area contributed by atoms with Gasteiger partial charge in [-0.3, -0.25) is 4.79 Å². The maximum absolute atomic E-state index is 12.2. The van der Waals surface area contributed by atoms with E-state index in [1.54, 1.807) is 0 Å². The van der Waals surface area contributed by atoms with Crippen molar-refractivity contribution in [3.8, 4) is 0 Å². The molecule has 0 aliphatic carbocycles. The van der Waals surface area contributed by atoms with Gasteiger partial charge in [0, 0.05) is 18.1 Å². The van der Waals surface area contributed by atoms with Crippen LogP contribution in [0.2, 0.25) is 5.02 Å². The van der Waals surface area contributed by atoms with Crippen LogP contribution in [0.15, 0.2) is 24.3 Å². The molecule has 0 spiro atoms. The highest BCUT2D eigenvalue weighted by molar-refractivity contribution is 6.30. The molecule has 1 amide bonds. The molecule has 1 fully saturated rings. The van der Waals surface area contributed by atoms with Crippen LogP contribution in [-0.4, -0.2) is 36.5 Å². The smallest absolute Gasteiger partial charge is 0.239 e. The van der Waals surface area contributed by atoms with Gasteiger partial charge in [0.15, 0.2) is 0 Å². The first-order chi connectivity index (χ1) is 9.66. The summed E-state index contributed by atoms with van der Waals surface area (Å²) in [6.45, 7) is 4.60. The van der Waals surface area contributed by atoms with Gasteiger partial charge < -0.3 is 10.2 Å². The molecule has 1 heterocycles. The topological polar surface area (TPSA) is 32.3 Å². The second-order valence-corrected chi connectivity index (χ2v) is 5.87. The zero-order chi connectivity index (χ0) is 14.4. The Balaban J connectivity index is 1.72. The maximum Gasteiger partial charge on any atom is 0.239 e. The molecule has 0 aromatic heterocycles. The Morgan fingerprint density at radius 2 is 1.90 bits per heavy atom. The number of hydrogen-bond acceptors (Lipinski definition) is 2. The van der Waals surface area contributed by atoms with Gasteiger partial charge in [0.2, 0.25) is 5.91 Å². The normalized spacial score (nSPS) is 17.0. The Labute approximate surface area is 126 Å². The maximum atomic E-state index is 12.2. The summed E-state index contributed by atoms with van der Waals surface area (Å²) in [6, 6.07) is 7.76. The van der Waals surface area contributed by atoms with Crippen LogP contribution in [0.5, 0.6) is 0 Å². The number of amides is 1. The van der Waals surface area contributed by atoms with Gasteiger partial charge in [-0.2, -0.15) is 0 Å². The van der Waals surface area contributed by atoms with Crippen molar-refractivity contribution in [2.24, 2.45) is 0 Å². The molecule has 1 saturated heterocycles. The van der Waals surface area contributed by atoms with Crippen molar-refractivity contribution in [1.29, 1.82) is 0 Å². The zero-order valence-corrected chi connectivity index (χ0v) is 12.8. The minimum absolute atomic E-state index is 0.0969. The molecule has 2 rings (SSSR count). The highest BCUT2D eigenvalue weighted by Crippen LogP contribution is 2.11. The van der Waals surface area contributed by atoms with Gasteiger partial charge in [-0.1, -0.05) is 23.7 Å². The van der Waals surface area contributed by atoms with Crippen LogP contribution >= 0.6 is 11.6 Å². The number of piperidine rings is 1. The lowest BCUT2D eigenvalue weighted by Crippen LogP contribution is -2.47. The summed E-state index contributed by atoms with van der Waals surface area (Å²) in [7, 11) is 0. The Bertz CT molecular complexity index is 427. The molecule has 0 saturated carbocycles. The minimum Gasteiger partial charge on any atom is -0.341 e. The summed E-state index contributed by atoms with van der Waals surface area (Å²) in [5.41, 5.74) is 1.24. The Hall–Kier alpha value is -1.06. The molecule has 1 N–H and O–H groups in total. The first-order valence-electron chi connectivity index (χ1n) is 7.43. The first kappa shape index (κ1) is 15.3. The molecule has 1 aromatic rings. The van der Waals surface area contributed by atoms with E-state index in [1.165, 1.54) is 12.0 Å². The van der Waals surface area contributed by atoms with Gasteiger partial charge in [-0.05, 0) is 56.8 Å². The van der Waals surface area contributed by atoms with Crippen LogP contribution in [-0.2, 0) is 11.2 Å². The van der Waals surface area contributed by atoms with Gasteiger partial charge in [0.1, 0.15) is 0 Å². The molecule has 20 heavy (non-hydrogen) atoms. The summed E-state index contributed by atoms with van der Waals surface area (Å²) in [6.07, 6.45) is 4.45. The summed E-state index contributed by atoms with van der Waals surface area (Å²) >= 11 is 5.86. The van der Waals surface area contributed by atoms with E-state index < -0.39 is 0 Å². The molecular weight excluding hydrogens is 272 g/mol. The number of benzene rings is 1. The number of nitrogens with one attached hydrogen (secondary N) is 1. The molecule has 110 valence electrons. The first-order valence-corrected chi connectivity index (χ1v) is 7.81. The number of halogens is 1. The fourth-order valence-corrected chi connectivity index (χ4v) is 2.69. The van der Waals surface area contributed by atoms with Crippen molar-refractivity contribution >= 4 is 17.5 Å². The van der Waals surface area contributed by atoms with Gasteiger partial charge >= 0.3 is 0 Å². The third-order valence-corrected chi connectivity index (χ3v) is 4.07. The van der Waals surface area contributed by atoms with Crippen LogP contribution in [0.3, 0.4) is 0 Å². The van der Waals surface area contributed by atoms with Crippen molar-refractivity contribution < 1.29 is 4.79 Å². The Morgan fingerprint density at radius 3 is 2.55 bits per heavy atom. The second-order valence-electron chi connectivity index (χ2n) is 5.44. The molecule has 4 heteroatoms. The van der Waals surface area contributed by atoms with Crippen LogP contribution in [0.4, 0.5) is 0 Å². The third kappa shape index (κ3) is 4.50. The summed E-state index contributed by atoms with van der Waals surface area (Å²) in [5, 5.41) is 4.08. The monoisotopic (exact) mass is 294 g/mol. The largest absolute Gasteiger partial charge is 0.341 e. The molecule has 1 aliphatic heterocycles. The number of rotatable bonds is 5. The van der Waals surface area contributed by atoms with Crippen molar-refractivity contribution in [3.63, 3.8) is 0 Å². The van der Waals surface area contributed by atoms with Crippen LogP contribution < -0.4 is 5.32 Å². The number of likely N-dealkylation sites (tertiary alicyclic amines) is 1. The van der Waals surface area contributed by atoms with E-state index in [2.05, 4.69) is 5.32 Å². The van der Waals surface area contributed by atoms with E-state index in [1.807, 2.05) is 36.1 Å². The number of nitrogens with zero attached hydrogens (tertiary/aromatic N) is 1. The van der Waals surface area contributed by atoms with E-state index >= 15 is 0 Å². The highest BCUT2D eigenvalue weighted by Gasteiger charge is 2.21. The van der Waals surface area contributed by atoms with Crippen LogP contribution in [0.1, 0.15) is 31.7 Å². The molecule has 0 bridgehead atoms. The number of carbonyl (C=O) groups is 1. The molecule has 1 atom stereocenters. The molecule has 0 radical (unpaired) electrons. The quantitative estimate of drug-likeness (QED) is 0.906. The SMILES string of the molecule is CC(NCCc1ccc(Cl)cc1)C(=O)N1CCCCC1. The van der Waals surface area contributed by atoms with E-state index in [9.17, 15) is 4.79 Å². The predicted octanol–water partition coefficient (Wildman–Crippen LogP) is 2.87. The van der Waals surface area contributed by atoms with Gasteiger partial charge in [-0.25, -0.2) is 0 Å². The lowest BCUT2D eigenvalue weighted by Gasteiger charge is -2.29. The van der Waals surface area contributed by atoms with Crippen LogP contribution in [0, 0.1) is 0 Å². The number of carbonyl (C=O) groups excluding carboxylic acids is 1. The molecular formula is C16H23ClN2O. The third-order valence-electron chi connectivity index (χ3n) is 3.82. The number of hydrogen-bond donors (Lipinski definition) is 1. The summed E-state index contributed by atoms with van der Waals surface area (Å²) in [5.74, 6) is 0.237. The van der Waals surface area contributed by atoms with E-state index in [4.69, 9.17) is 11.6 Å². The van der Waals surface area contributed by atoms with E-state index in [0.717, 1.165) is 43.9 Å². The summed E-state index contributed by atoms with van der Waals surface area (Å²) in [4.78, 5) is 14.2. The molecule has 1 aliphatic rings. The Morgan fingerprint density at radius 1 is 1.25 bits per heavy atom. The second kappa shape index (κ2) is 7.65. The fraction of sp³-hybridized carbons (Fsp3) is 0.562. The van der Waals surface area contributed by atoms with E-state index in [0.29, 0.717) is 0 Å². The predicted molar refractivity (Wildman–Crippen MR) is 83.1 cm³/mol. The van der Waals surface area contributed by atoms with Crippen LogP contribution in [0.25, 0.3) is 0 Å². The van der Waals surface area contributed by atoms with Crippen molar-refractivity contribution in [3.05, 3.63) is 34.9 Å². The van der Waals surface area contributed by atoms with Gasteiger partial charge in [0.25, 0.3) is 0 Å². The van der Waals surface area contributed by atoms with E-state index in [-0.39, 0.29) is 11.9 Å². The van der Waals surface area contributed by atoms with Gasteiger partial charge in [-0.15, -0.1) is 0 Å².